The predicted octanol–water partition coefficient (Wildman–Crippen LogP) is 1.52. The highest BCUT2D eigenvalue weighted by atomic mass is 32.2. The summed E-state index contributed by atoms with van der Waals surface area (Å²) in [6, 6.07) is 3.31. The van der Waals surface area contributed by atoms with Gasteiger partial charge in [-0.2, -0.15) is 0 Å². The van der Waals surface area contributed by atoms with Crippen molar-refractivity contribution in [1.82, 2.24) is 4.72 Å². The molecule has 1 aromatic carbocycles. The lowest BCUT2D eigenvalue weighted by Crippen LogP contribution is -2.39. The van der Waals surface area contributed by atoms with Crippen molar-refractivity contribution >= 4 is 16.0 Å². The molecule has 0 heterocycles. The Bertz CT molecular complexity index is 596. The third-order valence-corrected chi connectivity index (χ3v) is 4.27. The van der Waals surface area contributed by atoms with Crippen LogP contribution in [0.25, 0.3) is 0 Å². The summed E-state index contributed by atoms with van der Waals surface area (Å²) in [4.78, 5) is 10.8. The second kappa shape index (κ2) is 5.26. The lowest BCUT2D eigenvalue weighted by atomic mass is 9.95. The van der Waals surface area contributed by atoms with Gasteiger partial charge in [0.1, 0.15) is 5.82 Å². The molecule has 0 saturated heterocycles. The molecule has 0 atom stereocenters. The highest BCUT2D eigenvalue weighted by Crippen LogP contribution is 2.18. The van der Waals surface area contributed by atoms with E-state index in [0.29, 0.717) is 0 Å². The van der Waals surface area contributed by atoms with Gasteiger partial charge in [-0.15, -0.1) is 0 Å². The average Bonchev–Trinajstić information content (AvgIpc) is 2.26. The molecule has 0 aliphatic carbocycles. The van der Waals surface area contributed by atoms with Crippen LogP contribution >= 0.6 is 0 Å². The maximum absolute atomic E-state index is 12.9. The van der Waals surface area contributed by atoms with Gasteiger partial charge >= 0.3 is 5.97 Å². The molecule has 106 valence electrons. The minimum Gasteiger partial charge on any atom is -0.481 e. The number of nitrogens with one attached hydrogen (secondary N) is 1. The fourth-order valence-electron chi connectivity index (χ4n) is 1.34. The number of sulfonamides is 1. The van der Waals surface area contributed by atoms with Crippen LogP contribution in [0, 0.1) is 18.2 Å². The van der Waals surface area contributed by atoms with Crippen molar-refractivity contribution in [2.24, 2.45) is 5.41 Å². The van der Waals surface area contributed by atoms with Crippen LogP contribution < -0.4 is 4.72 Å². The number of hydrogen-bond acceptors (Lipinski definition) is 3. The summed E-state index contributed by atoms with van der Waals surface area (Å²) >= 11 is 0. The van der Waals surface area contributed by atoms with E-state index >= 15 is 0 Å². The normalized spacial score (nSPS) is 12.4. The third kappa shape index (κ3) is 3.74. The lowest BCUT2D eigenvalue weighted by molar-refractivity contribution is -0.146. The zero-order valence-corrected chi connectivity index (χ0v) is 11.7. The van der Waals surface area contributed by atoms with Crippen molar-refractivity contribution in [3.8, 4) is 0 Å². The number of halogens is 1. The van der Waals surface area contributed by atoms with E-state index in [1.165, 1.54) is 20.8 Å². The fourth-order valence-corrected chi connectivity index (χ4v) is 2.78. The van der Waals surface area contributed by atoms with Gasteiger partial charge in [0.15, 0.2) is 0 Å². The van der Waals surface area contributed by atoms with Crippen LogP contribution in [0.2, 0.25) is 0 Å². The topological polar surface area (TPSA) is 83.5 Å². The molecule has 0 bridgehead atoms. The second-order valence-electron chi connectivity index (χ2n) is 4.92. The van der Waals surface area contributed by atoms with Crippen LogP contribution in [0.5, 0.6) is 0 Å². The monoisotopic (exact) mass is 289 g/mol. The van der Waals surface area contributed by atoms with Gasteiger partial charge in [0.2, 0.25) is 10.0 Å². The van der Waals surface area contributed by atoms with E-state index < -0.39 is 27.2 Å². The molecule has 0 saturated carbocycles. The number of carboxylic acids is 1. The molecule has 2 N–H and O–H groups in total. The van der Waals surface area contributed by atoms with Gasteiger partial charge in [0.25, 0.3) is 0 Å². The van der Waals surface area contributed by atoms with Gasteiger partial charge in [-0.1, -0.05) is 0 Å². The van der Waals surface area contributed by atoms with Crippen LogP contribution in [0.15, 0.2) is 23.1 Å². The van der Waals surface area contributed by atoms with Crippen molar-refractivity contribution in [2.45, 2.75) is 25.7 Å². The summed E-state index contributed by atoms with van der Waals surface area (Å²) in [7, 11) is -3.85. The molecule has 0 aliphatic rings. The predicted molar refractivity (Wildman–Crippen MR) is 67.7 cm³/mol. The third-order valence-electron chi connectivity index (χ3n) is 2.71. The number of benzene rings is 1. The molecule has 0 aromatic heterocycles. The van der Waals surface area contributed by atoms with Gasteiger partial charge < -0.3 is 5.11 Å². The smallest absolute Gasteiger partial charge is 0.310 e. The lowest BCUT2D eigenvalue weighted by Gasteiger charge is -2.19. The fraction of sp³-hybridized carbons (Fsp3) is 0.417. The molecular formula is C12H16FNO4S. The van der Waals surface area contributed by atoms with Gasteiger partial charge in [0.05, 0.1) is 10.3 Å². The van der Waals surface area contributed by atoms with Gasteiger partial charge in [0, 0.05) is 6.54 Å². The highest BCUT2D eigenvalue weighted by molar-refractivity contribution is 7.89. The number of carboxylic acid groups (broad SMARTS) is 1. The zero-order valence-electron chi connectivity index (χ0n) is 10.9. The van der Waals surface area contributed by atoms with Crippen LogP contribution in [0.1, 0.15) is 19.4 Å². The van der Waals surface area contributed by atoms with Gasteiger partial charge in [-0.05, 0) is 44.5 Å². The number of carbonyl (C=O) groups is 1. The van der Waals surface area contributed by atoms with Crippen molar-refractivity contribution in [2.75, 3.05) is 6.54 Å². The van der Waals surface area contributed by atoms with E-state index in [-0.39, 0.29) is 17.0 Å². The summed E-state index contributed by atoms with van der Waals surface area (Å²) in [5.74, 6) is -1.63. The van der Waals surface area contributed by atoms with Crippen LogP contribution in [-0.4, -0.2) is 26.0 Å². The molecule has 1 rings (SSSR count). The number of aryl methyl sites for hydroxylation is 1. The Balaban J connectivity index is 2.97. The van der Waals surface area contributed by atoms with Gasteiger partial charge in [-0.25, -0.2) is 17.5 Å². The first kappa shape index (κ1) is 15.6. The molecule has 0 amide bonds. The van der Waals surface area contributed by atoms with E-state index in [2.05, 4.69) is 4.72 Å². The maximum Gasteiger partial charge on any atom is 0.310 e. The molecule has 0 aliphatic heterocycles. The zero-order chi connectivity index (χ0) is 14.8. The summed E-state index contributed by atoms with van der Waals surface area (Å²) in [6.07, 6.45) is 0. The van der Waals surface area contributed by atoms with E-state index in [9.17, 15) is 17.6 Å². The van der Waals surface area contributed by atoms with Crippen molar-refractivity contribution in [1.29, 1.82) is 0 Å². The Morgan fingerprint density at radius 1 is 1.42 bits per heavy atom. The Morgan fingerprint density at radius 2 is 2.00 bits per heavy atom. The van der Waals surface area contributed by atoms with E-state index in [0.717, 1.165) is 18.2 Å². The molecule has 0 fully saturated rings. The Morgan fingerprint density at radius 3 is 2.47 bits per heavy atom. The summed E-state index contributed by atoms with van der Waals surface area (Å²) in [6.45, 7) is 4.05. The maximum atomic E-state index is 12.9. The van der Waals surface area contributed by atoms with Crippen LogP contribution in [0.3, 0.4) is 0 Å². The summed E-state index contributed by atoms with van der Waals surface area (Å²) < 4.78 is 39.2. The number of aliphatic carboxylic acids is 1. The van der Waals surface area contributed by atoms with Crippen molar-refractivity contribution in [3.63, 3.8) is 0 Å². The summed E-state index contributed by atoms with van der Waals surface area (Å²) in [5, 5.41) is 8.92. The molecule has 0 spiro atoms. The van der Waals surface area contributed by atoms with Crippen molar-refractivity contribution in [3.05, 3.63) is 29.6 Å². The van der Waals surface area contributed by atoms with E-state index in [1.54, 1.807) is 0 Å². The first-order chi connectivity index (χ1) is 8.56. The second-order valence-corrected chi connectivity index (χ2v) is 6.66. The standard InChI is InChI=1S/C12H16FNO4S/c1-8-6-9(13)4-5-10(8)19(17,18)14-7-12(2,3)11(15)16/h4-6,14H,7H2,1-3H3,(H,15,16). The Kier molecular flexibility index (Phi) is 4.32. The van der Waals surface area contributed by atoms with E-state index in [1.807, 2.05) is 0 Å². The van der Waals surface area contributed by atoms with Crippen LogP contribution in [-0.2, 0) is 14.8 Å². The van der Waals surface area contributed by atoms with E-state index in [4.69, 9.17) is 5.11 Å². The first-order valence-electron chi connectivity index (χ1n) is 5.55. The van der Waals surface area contributed by atoms with Crippen molar-refractivity contribution < 1.29 is 22.7 Å². The Labute approximate surface area is 111 Å². The minimum atomic E-state index is -3.85. The molecule has 5 nitrogen and oxygen atoms in total. The number of rotatable bonds is 5. The first-order valence-corrected chi connectivity index (χ1v) is 7.04. The molecule has 0 radical (unpaired) electrons. The minimum absolute atomic E-state index is 0.0601. The number of hydrogen-bond donors (Lipinski definition) is 2. The van der Waals surface area contributed by atoms with Gasteiger partial charge in [-0.3, -0.25) is 4.79 Å². The average molecular weight is 289 g/mol. The molecule has 1 aromatic rings. The largest absolute Gasteiger partial charge is 0.481 e. The quantitative estimate of drug-likeness (QED) is 0.861. The SMILES string of the molecule is Cc1cc(F)ccc1S(=O)(=O)NCC(C)(C)C(=O)O. The molecule has 0 unspecified atom stereocenters. The molecule has 19 heavy (non-hydrogen) atoms. The summed E-state index contributed by atoms with van der Waals surface area (Å²) in [5.41, 5.74) is -0.957. The highest BCUT2D eigenvalue weighted by Gasteiger charge is 2.29. The molecular weight excluding hydrogens is 273 g/mol. The van der Waals surface area contributed by atoms with Crippen LogP contribution in [0.4, 0.5) is 4.39 Å². The Hall–Kier alpha value is -1.47. The molecule has 7 heteroatoms.